The van der Waals surface area contributed by atoms with Gasteiger partial charge in [0.15, 0.2) is 0 Å². The third kappa shape index (κ3) is 4.58. The van der Waals surface area contributed by atoms with E-state index in [1.54, 1.807) is 0 Å². The fourth-order valence-electron chi connectivity index (χ4n) is 2.05. The van der Waals surface area contributed by atoms with Crippen LogP contribution in [0.15, 0.2) is 66.7 Å². The summed E-state index contributed by atoms with van der Waals surface area (Å²) in [7, 11) is 1.40. The van der Waals surface area contributed by atoms with Crippen molar-refractivity contribution in [2.24, 2.45) is 0 Å². The van der Waals surface area contributed by atoms with E-state index in [1.807, 2.05) is 72.8 Å². The van der Waals surface area contributed by atoms with E-state index < -0.39 is 6.04 Å². The van der Waals surface area contributed by atoms with Gasteiger partial charge in [-0.25, -0.2) is 4.79 Å². The summed E-state index contributed by atoms with van der Waals surface area (Å²) in [6, 6.07) is 19.2. The standard InChI is InChI=1S/C18H19NO2/c1-21-18(20)17(16-12-6-3-7-13-16)19-14-8-11-15-9-4-2-5-10-15/h2-13,17,19H,14H2,1H3/t17-/m0/s1. The summed E-state index contributed by atoms with van der Waals surface area (Å²) in [4.78, 5) is 11.9. The Hall–Kier alpha value is -2.39. The second-order valence-electron chi connectivity index (χ2n) is 4.59. The molecule has 2 aromatic rings. The molecule has 3 nitrogen and oxygen atoms in total. The maximum absolute atomic E-state index is 11.9. The molecule has 0 aliphatic heterocycles. The smallest absolute Gasteiger partial charge is 0.327 e. The van der Waals surface area contributed by atoms with E-state index in [-0.39, 0.29) is 5.97 Å². The van der Waals surface area contributed by atoms with Crippen molar-refractivity contribution in [1.29, 1.82) is 0 Å². The highest BCUT2D eigenvalue weighted by atomic mass is 16.5. The fourth-order valence-corrected chi connectivity index (χ4v) is 2.05. The first kappa shape index (κ1) is 15.0. The Balaban J connectivity index is 1.97. The molecule has 0 radical (unpaired) electrons. The summed E-state index contributed by atoms with van der Waals surface area (Å²) in [5, 5.41) is 3.20. The Morgan fingerprint density at radius 3 is 2.33 bits per heavy atom. The van der Waals surface area contributed by atoms with Gasteiger partial charge in [0, 0.05) is 6.54 Å². The van der Waals surface area contributed by atoms with E-state index in [9.17, 15) is 4.79 Å². The molecule has 0 unspecified atom stereocenters. The lowest BCUT2D eigenvalue weighted by Crippen LogP contribution is -2.29. The lowest BCUT2D eigenvalue weighted by atomic mass is 10.1. The van der Waals surface area contributed by atoms with E-state index in [2.05, 4.69) is 5.32 Å². The van der Waals surface area contributed by atoms with Crippen LogP contribution in [0, 0.1) is 0 Å². The molecule has 108 valence electrons. The minimum Gasteiger partial charge on any atom is -0.468 e. The van der Waals surface area contributed by atoms with Crippen LogP contribution in [0.5, 0.6) is 0 Å². The zero-order valence-electron chi connectivity index (χ0n) is 12.0. The molecular weight excluding hydrogens is 262 g/mol. The van der Waals surface area contributed by atoms with Crippen molar-refractivity contribution in [3.63, 3.8) is 0 Å². The summed E-state index contributed by atoms with van der Waals surface area (Å²) >= 11 is 0. The highest BCUT2D eigenvalue weighted by Crippen LogP contribution is 2.13. The number of esters is 1. The molecule has 21 heavy (non-hydrogen) atoms. The van der Waals surface area contributed by atoms with Crippen LogP contribution < -0.4 is 5.32 Å². The summed E-state index contributed by atoms with van der Waals surface area (Å²) < 4.78 is 4.86. The molecule has 0 amide bonds. The number of nitrogens with one attached hydrogen (secondary N) is 1. The molecular formula is C18H19NO2. The van der Waals surface area contributed by atoms with Crippen LogP contribution in [0.1, 0.15) is 17.2 Å². The molecule has 0 spiro atoms. The summed E-state index contributed by atoms with van der Waals surface area (Å²) in [5.41, 5.74) is 2.03. The molecule has 0 fully saturated rings. The Bertz CT molecular complexity index is 579. The summed E-state index contributed by atoms with van der Waals surface area (Å²) in [6.45, 7) is 0.587. The first-order chi connectivity index (χ1) is 10.3. The normalized spacial score (nSPS) is 12.2. The lowest BCUT2D eigenvalue weighted by molar-refractivity contribution is -0.143. The second kappa shape index (κ2) is 8.02. The minimum absolute atomic E-state index is 0.283. The number of methoxy groups -OCH3 is 1. The quantitative estimate of drug-likeness (QED) is 0.826. The average Bonchev–Trinajstić information content (AvgIpc) is 2.56. The first-order valence-corrected chi connectivity index (χ1v) is 6.89. The van der Waals surface area contributed by atoms with Crippen molar-refractivity contribution < 1.29 is 9.53 Å². The topological polar surface area (TPSA) is 38.3 Å². The SMILES string of the molecule is COC(=O)[C@@H](NCC=Cc1ccccc1)c1ccccc1. The van der Waals surface area contributed by atoms with Crippen molar-refractivity contribution in [2.75, 3.05) is 13.7 Å². The van der Waals surface area contributed by atoms with Crippen LogP contribution in [0.3, 0.4) is 0 Å². The molecule has 0 bridgehead atoms. The van der Waals surface area contributed by atoms with E-state index in [4.69, 9.17) is 4.74 Å². The van der Waals surface area contributed by atoms with Gasteiger partial charge >= 0.3 is 5.97 Å². The highest BCUT2D eigenvalue weighted by Gasteiger charge is 2.19. The van der Waals surface area contributed by atoms with Gasteiger partial charge in [-0.3, -0.25) is 5.32 Å². The van der Waals surface area contributed by atoms with Crippen LogP contribution >= 0.6 is 0 Å². The molecule has 0 aromatic heterocycles. The van der Waals surface area contributed by atoms with Gasteiger partial charge in [-0.2, -0.15) is 0 Å². The molecule has 1 atom stereocenters. The predicted molar refractivity (Wildman–Crippen MR) is 84.7 cm³/mol. The number of benzene rings is 2. The molecule has 2 rings (SSSR count). The molecule has 2 aromatic carbocycles. The van der Waals surface area contributed by atoms with Gasteiger partial charge in [-0.1, -0.05) is 72.8 Å². The minimum atomic E-state index is -0.448. The van der Waals surface area contributed by atoms with Crippen molar-refractivity contribution in [1.82, 2.24) is 5.32 Å². The number of carbonyl (C=O) groups is 1. The maximum Gasteiger partial charge on any atom is 0.327 e. The largest absolute Gasteiger partial charge is 0.468 e. The van der Waals surface area contributed by atoms with Crippen molar-refractivity contribution in [2.45, 2.75) is 6.04 Å². The van der Waals surface area contributed by atoms with Gasteiger partial charge < -0.3 is 4.74 Å². The van der Waals surface area contributed by atoms with E-state index in [1.165, 1.54) is 7.11 Å². The monoisotopic (exact) mass is 281 g/mol. The zero-order chi connectivity index (χ0) is 14.9. The maximum atomic E-state index is 11.9. The third-order valence-electron chi connectivity index (χ3n) is 3.12. The molecule has 0 saturated heterocycles. The van der Waals surface area contributed by atoms with Crippen LogP contribution in [0.2, 0.25) is 0 Å². The van der Waals surface area contributed by atoms with Crippen molar-refractivity contribution >= 4 is 12.0 Å². The van der Waals surface area contributed by atoms with E-state index in [0.717, 1.165) is 11.1 Å². The van der Waals surface area contributed by atoms with Gasteiger partial charge in [0.2, 0.25) is 0 Å². The van der Waals surface area contributed by atoms with E-state index >= 15 is 0 Å². The number of hydrogen-bond donors (Lipinski definition) is 1. The van der Waals surface area contributed by atoms with Gasteiger partial charge in [-0.15, -0.1) is 0 Å². The van der Waals surface area contributed by atoms with Gasteiger partial charge in [0.25, 0.3) is 0 Å². The van der Waals surface area contributed by atoms with E-state index in [0.29, 0.717) is 6.54 Å². The number of hydrogen-bond acceptors (Lipinski definition) is 3. The Labute approximate surface area is 125 Å². The van der Waals surface area contributed by atoms with Crippen LogP contribution in [0.4, 0.5) is 0 Å². The van der Waals surface area contributed by atoms with Gasteiger partial charge in [0.1, 0.15) is 6.04 Å². The predicted octanol–water partition coefficient (Wildman–Crippen LogP) is 3.20. The third-order valence-corrected chi connectivity index (χ3v) is 3.12. The van der Waals surface area contributed by atoms with Crippen molar-refractivity contribution in [3.05, 3.63) is 77.9 Å². The Kier molecular flexibility index (Phi) is 5.73. The van der Waals surface area contributed by atoms with Gasteiger partial charge in [-0.05, 0) is 11.1 Å². The Morgan fingerprint density at radius 1 is 1.10 bits per heavy atom. The molecule has 1 N–H and O–H groups in total. The number of ether oxygens (including phenoxy) is 1. The number of rotatable bonds is 6. The zero-order valence-corrected chi connectivity index (χ0v) is 12.0. The average molecular weight is 281 g/mol. The van der Waals surface area contributed by atoms with Crippen LogP contribution in [0.25, 0.3) is 6.08 Å². The molecule has 3 heteroatoms. The molecule has 0 saturated carbocycles. The summed E-state index contributed by atoms with van der Waals surface area (Å²) in [6.07, 6.45) is 4.01. The molecule has 0 heterocycles. The first-order valence-electron chi connectivity index (χ1n) is 6.89. The number of carbonyl (C=O) groups excluding carboxylic acids is 1. The highest BCUT2D eigenvalue weighted by molar-refractivity contribution is 5.77. The fraction of sp³-hybridized carbons (Fsp3) is 0.167. The molecule has 0 aliphatic rings. The molecule has 0 aliphatic carbocycles. The van der Waals surface area contributed by atoms with Crippen molar-refractivity contribution in [3.8, 4) is 0 Å². The second-order valence-corrected chi connectivity index (χ2v) is 4.59. The van der Waals surface area contributed by atoms with Gasteiger partial charge in [0.05, 0.1) is 7.11 Å². The van der Waals surface area contributed by atoms with Crippen LogP contribution in [-0.4, -0.2) is 19.6 Å². The summed E-state index contributed by atoms with van der Waals surface area (Å²) in [5.74, 6) is -0.283. The van der Waals surface area contributed by atoms with Crippen LogP contribution in [-0.2, 0) is 9.53 Å². The lowest BCUT2D eigenvalue weighted by Gasteiger charge is -2.15. The Morgan fingerprint density at radius 2 is 1.71 bits per heavy atom.